The van der Waals surface area contributed by atoms with Crippen molar-refractivity contribution >= 4 is 23.0 Å². The summed E-state index contributed by atoms with van der Waals surface area (Å²) >= 11 is 0. The summed E-state index contributed by atoms with van der Waals surface area (Å²) in [6.45, 7) is 3.94. The second-order valence-corrected chi connectivity index (χ2v) is 7.97. The van der Waals surface area contributed by atoms with Crippen molar-refractivity contribution in [2.75, 3.05) is 13.2 Å². The Balaban J connectivity index is 1.32. The molecule has 33 heavy (non-hydrogen) atoms. The molecule has 1 heterocycles. The summed E-state index contributed by atoms with van der Waals surface area (Å²) in [4.78, 5) is 16.9. The van der Waals surface area contributed by atoms with E-state index >= 15 is 0 Å². The molecule has 4 aromatic rings. The third-order valence-electron chi connectivity index (χ3n) is 5.41. The number of para-hydroxylation sites is 2. The summed E-state index contributed by atoms with van der Waals surface area (Å²) in [5, 5.41) is 2.96. The fourth-order valence-electron chi connectivity index (χ4n) is 3.78. The van der Waals surface area contributed by atoms with Crippen LogP contribution in [0.1, 0.15) is 23.4 Å². The lowest BCUT2D eigenvalue weighted by molar-refractivity contribution is -0.116. The number of hydrogen-bond acceptors (Lipinski definition) is 3. The zero-order valence-corrected chi connectivity index (χ0v) is 18.9. The monoisotopic (exact) mass is 439 g/mol. The van der Waals surface area contributed by atoms with Gasteiger partial charge in [-0.15, -0.1) is 0 Å². The molecule has 1 N–H and O–H groups in total. The largest absolute Gasteiger partial charge is 0.492 e. The van der Waals surface area contributed by atoms with Gasteiger partial charge in [0.25, 0.3) is 0 Å². The van der Waals surface area contributed by atoms with Gasteiger partial charge in [-0.1, -0.05) is 54.6 Å². The lowest BCUT2D eigenvalue weighted by Gasteiger charge is -2.11. The normalized spacial score (nSPS) is 11.2. The van der Waals surface area contributed by atoms with E-state index in [1.165, 1.54) is 5.56 Å². The number of carbonyl (C=O) groups excluding carboxylic acids is 1. The SMILES string of the molecule is Cc1cccc(OCCn2c(CCCNC(=O)/C=C/c3ccccc3)nc3ccccc32)c1. The van der Waals surface area contributed by atoms with Crippen LogP contribution in [-0.4, -0.2) is 28.6 Å². The molecule has 5 heteroatoms. The van der Waals surface area contributed by atoms with Crippen LogP contribution in [0.25, 0.3) is 17.1 Å². The fraction of sp³-hybridized carbons (Fsp3) is 0.214. The van der Waals surface area contributed by atoms with Crippen LogP contribution in [-0.2, 0) is 17.8 Å². The number of rotatable bonds is 10. The first-order valence-electron chi connectivity index (χ1n) is 11.3. The highest BCUT2D eigenvalue weighted by Crippen LogP contribution is 2.18. The highest BCUT2D eigenvalue weighted by atomic mass is 16.5. The zero-order valence-electron chi connectivity index (χ0n) is 18.9. The van der Waals surface area contributed by atoms with E-state index in [0.717, 1.165) is 47.6 Å². The Morgan fingerprint density at radius 3 is 2.70 bits per heavy atom. The number of aryl methyl sites for hydroxylation is 2. The molecule has 0 radical (unpaired) electrons. The molecule has 4 rings (SSSR count). The van der Waals surface area contributed by atoms with Crippen molar-refractivity contribution in [2.45, 2.75) is 26.3 Å². The molecule has 0 aliphatic rings. The van der Waals surface area contributed by atoms with Crippen LogP contribution in [0.5, 0.6) is 5.75 Å². The molecule has 168 valence electrons. The molecular formula is C28H29N3O2. The van der Waals surface area contributed by atoms with Crippen molar-refractivity contribution in [1.82, 2.24) is 14.9 Å². The van der Waals surface area contributed by atoms with Crippen LogP contribution in [0.4, 0.5) is 0 Å². The van der Waals surface area contributed by atoms with E-state index in [-0.39, 0.29) is 5.91 Å². The molecule has 0 atom stereocenters. The van der Waals surface area contributed by atoms with E-state index in [4.69, 9.17) is 9.72 Å². The molecule has 0 unspecified atom stereocenters. The Morgan fingerprint density at radius 1 is 1.03 bits per heavy atom. The van der Waals surface area contributed by atoms with Crippen LogP contribution in [0.2, 0.25) is 0 Å². The Bertz CT molecular complexity index is 1230. The van der Waals surface area contributed by atoms with Gasteiger partial charge >= 0.3 is 0 Å². The Labute approximate surface area is 194 Å². The summed E-state index contributed by atoms with van der Waals surface area (Å²) in [7, 11) is 0. The number of nitrogens with one attached hydrogen (secondary N) is 1. The molecule has 0 aliphatic heterocycles. The van der Waals surface area contributed by atoms with E-state index in [1.807, 2.05) is 72.8 Å². The van der Waals surface area contributed by atoms with Gasteiger partial charge in [-0.2, -0.15) is 0 Å². The average Bonchev–Trinajstić information content (AvgIpc) is 3.19. The predicted molar refractivity (Wildman–Crippen MR) is 133 cm³/mol. The Morgan fingerprint density at radius 2 is 1.85 bits per heavy atom. The summed E-state index contributed by atoms with van der Waals surface area (Å²) in [6, 6.07) is 26.1. The number of ether oxygens (including phenoxy) is 1. The number of benzene rings is 3. The van der Waals surface area contributed by atoms with Crippen molar-refractivity contribution in [3.63, 3.8) is 0 Å². The minimum Gasteiger partial charge on any atom is -0.492 e. The summed E-state index contributed by atoms with van der Waals surface area (Å²) in [5.41, 5.74) is 4.28. The smallest absolute Gasteiger partial charge is 0.243 e. The van der Waals surface area contributed by atoms with Gasteiger partial charge in [0.15, 0.2) is 0 Å². The van der Waals surface area contributed by atoms with Gasteiger partial charge in [-0.3, -0.25) is 4.79 Å². The number of hydrogen-bond donors (Lipinski definition) is 1. The van der Waals surface area contributed by atoms with Gasteiger partial charge in [-0.25, -0.2) is 4.98 Å². The van der Waals surface area contributed by atoms with E-state index in [0.29, 0.717) is 13.2 Å². The Hall–Kier alpha value is -3.86. The van der Waals surface area contributed by atoms with E-state index in [1.54, 1.807) is 6.08 Å². The molecule has 0 spiro atoms. The number of amides is 1. The third kappa shape index (κ3) is 6.32. The quantitative estimate of drug-likeness (QED) is 0.273. The highest BCUT2D eigenvalue weighted by molar-refractivity contribution is 5.91. The minimum atomic E-state index is -0.0843. The van der Waals surface area contributed by atoms with E-state index < -0.39 is 0 Å². The van der Waals surface area contributed by atoms with Gasteiger partial charge in [0.1, 0.15) is 18.2 Å². The van der Waals surface area contributed by atoms with Crippen LogP contribution in [0, 0.1) is 6.92 Å². The van der Waals surface area contributed by atoms with Crippen LogP contribution in [0.15, 0.2) is 84.9 Å². The zero-order chi connectivity index (χ0) is 22.9. The van der Waals surface area contributed by atoms with Crippen molar-refractivity contribution in [2.24, 2.45) is 0 Å². The minimum absolute atomic E-state index is 0.0843. The first-order chi connectivity index (χ1) is 16.2. The third-order valence-corrected chi connectivity index (χ3v) is 5.41. The Kier molecular flexibility index (Phi) is 7.54. The van der Waals surface area contributed by atoms with Crippen molar-refractivity contribution in [3.8, 4) is 5.75 Å². The second kappa shape index (κ2) is 11.1. The lowest BCUT2D eigenvalue weighted by atomic mass is 10.2. The lowest BCUT2D eigenvalue weighted by Crippen LogP contribution is -2.23. The van der Waals surface area contributed by atoms with E-state index in [9.17, 15) is 4.79 Å². The fourth-order valence-corrected chi connectivity index (χ4v) is 3.78. The highest BCUT2D eigenvalue weighted by Gasteiger charge is 2.10. The predicted octanol–water partition coefficient (Wildman–Crippen LogP) is 5.19. The molecule has 3 aromatic carbocycles. The molecule has 0 aliphatic carbocycles. The standard InChI is InChI=1S/C28H29N3O2/c1-22-9-7-12-24(21-22)33-20-19-31-26-14-6-5-13-25(26)30-27(31)15-8-18-29-28(32)17-16-23-10-3-2-4-11-23/h2-7,9-14,16-17,21H,8,15,18-20H2,1H3,(H,29,32)/b17-16+. The maximum atomic E-state index is 12.1. The van der Waals surface area contributed by atoms with Gasteiger partial charge in [0.05, 0.1) is 17.6 Å². The molecular weight excluding hydrogens is 410 g/mol. The molecule has 0 fully saturated rings. The van der Waals surface area contributed by atoms with Gasteiger partial charge in [0, 0.05) is 19.0 Å². The van der Waals surface area contributed by atoms with Crippen LogP contribution in [0.3, 0.4) is 0 Å². The molecule has 1 amide bonds. The number of aromatic nitrogens is 2. The topological polar surface area (TPSA) is 56.1 Å². The molecule has 1 aromatic heterocycles. The van der Waals surface area contributed by atoms with Gasteiger partial charge < -0.3 is 14.6 Å². The summed E-state index contributed by atoms with van der Waals surface area (Å²) in [5.74, 6) is 1.81. The number of nitrogens with zero attached hydrogens (tertiary/aromatic N) is 2. The molecule has 0 bridgehead atoms. The maximum Gasteiger partial charge on any atom is 0.243 e. The number of carbonyl (C=O) groups is 1. The van der Waals surface area contributed by atoms with Crippen molar-refractivity contribution in [3.05, 3.63) is 102 Å². The van der Waals surface area contributed by atoms with Gasteiger partial charge in [-0.05, 0) is 54.8 Å². The first-order valence-corrected chi connectivity index (χ1v) is 11.3. The average molecular weight is 440 g/mol. The molecule has 0 saturated heterocycles. The maximum absolute atomic E-state index is 12.1. The summed E-state index contributed by atoms with van der Waals surface area (Å²) < 4.78 is 8.20. The van der Waals surface area contributed by atoms with Crippen LogP contribution < -0.4 is 10.1 Å². The van der Waals surface area contributed by atoms with Crippen molar-refractivity contribution < 1.29 is 9.53 Å². The summed E-state index contributed by atoms with van der Waals surface area (Å²) in [6.07, 6.45) is 4.99. The molecule has 0 saturated carbocycles. The van der Waals surface area contributed by atoms with Crippen molar-refractivity contribution in [1.29, 1.82) is 0 Å². The van der Waals surface area contributed by atoms with Crippen LogP contribution >= 0.6 is 0 Å². The van der Waals surface area contributed by atoms with Gasteiger partial charge in [0.2, 0.25) is 5.91 Å². The second-order valence-electron chi connectivity index (χ2n) is 7.97. The number of imidazole rings is 1. The molecule has 5 nitrogen and oxygen atoms in total. The first kappa shape index (κ1) is 22.3. The number of fused-ring (bicyclic) bond motifs is 1. The van der Waals surface area contributed by atoms with E-state index in [2.05, 4.69) is 28.9 Å².